The lowest BCUT2D eigenvalue weighted by molar-refractivity contribution is 0.310. The fourth-order valence-corrected chi connectivity index (χ4v) is 4.08. The number of amidine groups is 1. The van der Waals surface area contributed by atoms with Crippen molar-refractivity contribution in [2.24, 2.45) is 11.7 Å². The third kappa shape index (κ3) is 3.17. The number of piperidine rings is 1. The van der Waals surface area contributed by atoms with E-state index in [4.69, 9.17) is 20.6 Å². The molecule has 1 fully saturated rings. The molecule has 8 heteroatoms. The monoisotopic (exact) mass is 327 g/mol. The molecule has 0 bridgehead atoms. The zero-order chi connectivity index (χ0) is 16.3. The van der Waals surface area contributed by atoms with E-state index in [1.165, 1.54) is 30.7 Å². The van der Waals surface area contributed by atoms with Crippen LogP contribution in [0.5, 0.6) is 11.5 Å². The number of sulfonamides is 1. The van der Waals surface area contributed by atoms with Gasteiger partial charge in [-0.25, -0.2) is 8.42 Å². The molecule has 2 rings (SSSR count). The number of ether oxygens (including phenoxy) is 2. The Labute approximate surface area is 130 Å². The van der Waals surface area contributed by atoms with Crippen LogP contribution in [0, 0.1) is 11.3 Å². The Kier molecular flexibility index (Phi) is 4.92. The molecule has 0 saturated carbocycles. The third-order valence-corrected chi connectivity index (χ3v) is 5.68. The number of rotatable bonds is 5. The molecule has 22 heavy (non-hydrogen) atoms. The van der Waals surface area contributed by atoms with Crippen molar-refractivity contribution in [3.8, 4) is 11.5 Å². The quantitative estimate of drug-likeness (QED) is 0.621. The van der Waals surface area contributed by atoms with Gasteiger partial charge in [0.05, 0.1) is 25.0 Å². The Morgan fingerprint density at radius 2 is 2.00 bits per heavy atom. The highest BCUT2D eigenvalue weighted by molar-refractivity contribution is 7.89. The molecular formula is C14H21N3O4S. The zero-order valence-electron chi connectivity index (χ0n) is 12.7. The molecule has 7 nitrogen and oxygen atoms in total. The van der Waals surface area contributed by atoms with Gasteiger partial charge in [-0.1, -0.05) is 0 Å². The Morgan fingerprint density at radius 3 is 2.59 bits per heavy atom. The minimum Gasteiger partial charge on any atom is -0.493 e. The molecule has 1 aliphatic heterocycles. The number of hydrogen-bond acceptors (Lipinski definition) is 5. The second kappa shape index (κ2) is 6.53. The zero-order valence-corrected chi connectivity index (χ0v) is 13.5. The largest absolute Gasteiger partial charge is 0.493 e. The SMILES string of the molecule is COc1ccc(S(=O)(=O)N2CCCC(C(=N)N)C2)cc1OC. The summed E-state index contributed by atoms with van der Waals surface area (Å²) in [6, 6.07) is 4.51. The average Bonchev–Trinajstić information content (AvgIpc) is 2.54. The third-order valence-electron chi connectivity index (χ3n) is 3.82. The van der Waals surface area contributed by atoms with Crippen LogP contribution in [0.4, 0.5) is 0 Å². The van der Waals surface area contributed by atoms with E-state index in [2.05, 4.69) is 0 Å². The molecule has 3 N–H and O–H groups in total. The standard InChI is InChI=1S/C14H21N3O4S/c1-20-12-6-5-11(8-13(12)21-2)22(18,19)17-7-3-4-10(9-17)14(15)16/h5-6,8,10H,3-4,7,9H2,1-2H3,(H3,15,16). The van der Waals surface area contributed by atoms with Gasteiger partial charge in [-0.15, -0.1) is 0 Å². The van der Waals surface area contributed by atoms with Gasteiger partial charge in [-0.3, -0.25) is 5.41 Å². The smallest absolute Gasteiger partial charge is 0.243 e. The van der Waals surface area contributed by atoms with E-state index in [1.54, 1.807) is 6.07 Å². The molecule has 1 saturated heterocycles. The fourth-order valence-electron chi connectivity index (χ4n) is 2.54. The normalized spacial score (nSPS) is 19.6. The number of benzene rings is 1. The Hall–Kier alpha value is -1.80. The second-order valence-electron chi connectivity index (χ2n) is 5.17. The summed E-state index contributed by atoms with van der Waals surface area (Å²) < 4.78 is 37.1. The Bertz CT molecular complexity index is 660. The van der Waals surface area contributed by atoms with Gasteiger partial charge < -0.3 is 15.2 Å². The minimum atomic E-state index is -3.64. The summed E-state index contributed by atoms with van der Waals surface area (Å²) in [6.07, 6.45) is 1.43. The van der Waals surface area contributed by atoms with Crippen LogP contribution in [0.25, 0.3) is 0 Å². The summed E-state index contributed by atoms with van der Waals surface area (Å²) in [5.41, 5.74) is 5.52. The first-order valence-corrected chi connectivity index (χ1v) is 8.40. The van der Waals surface area contributed by atoms with Crippen molar-refractivity contribution in [1.82, 2.24) is 4.31 Å². The number of methoxy groups -OCH3 is 2. The summed E-state index contributed by atoms with van der Waals surface area (Å²) in [4.78, 5) is 0.148. The molecule has 0 aromatic heterocycles. The van der Waals surface area contributed by atoms with Crippen molar-refractivity contribution in [1.29, 1.82) is 5.41 Å². The van der Waals surface area contributed by atoms with Crippen molar-refractivity contribution in [3.63, 3.8) is 0 Å². The maximum absolute atomic E-state index is 12.7. The summed E-state index contributed by atoms with van der Waals surface area (Å²) in [5, 5.41) is 7.52. The first kappa shape index (κ1) is 16.6. The topological polar surface area (TPSA) is 106 Å². The van der Waals surface area contributed by atoms with Gasteiger partial charge in [-0.05, 0) is 25.0 Å². The lowest BCUT2D eigenvalue weighted by atomic mass is 9.99. The van der Waals surface area contributed by atoms with Crippen molar-refractivity contribution >= 4 is 15.9 Å². The highest BCUT2D eigenvalue weighted by Gasteiger charge is 2.31. The average molecular weight is 327 g/mol. The maximum atomic E-state index is 12.7. The van der Waals surface area contributed by atoms with Gasteiger partial charge in [0.1, 0.15) is 0 Å². The number of nitrogens with one attached hydrogen (secondary N) is 1. The number of nitrogens with two attached hydrogens (primary N) is 1. The summed E-state index contributed by atoms with van der Waals surface area (Å²) >= 11 is 0. The molecule has 1 aromatic rings. The molecule has 0 spiro atoms. The van der Waals surface area contributed by atoms with Crippen molar-refractivity contribution in [2.75, 3.05) is 27.3 Å². The van der Waals surface area contributed by atoms with Crippen LogP contribution in [-0.2, 0) is 10.0 Å². The maximum Gasteiger partial charge on any atom is 0.243 e. The summed E-state index contributed by atoms with van der Waals surface area (Å²) in [6.45, 7) is 0.673. The van der Waals surface area contributed by atoms with Gasteiger partial charge in [0.15, 0.2) is 11.5 Å². The van der Waals surface area contributed by atoms with E-state index in [9.17, 15) is 8.42 Å². The van der Waals surface area contributed by atoms with Crippen LogP contribution in [0.3, 0.4) is 0 Å². The molecule has 1 aromatic carbocycles. The van der Waals surface area contributed by atoms with E-state index in [-0.39, 0.29) is 23.2 Å². The Balaban J connectivity index is 2.32. The predicted molar refractivity (Wildman–Crippen MR) is 82.9 cm³/mol. The van der Waals surface area contributed by atoms with Crippen LogP contribution >= 0.6 is 0 Å². The van der Waals surface area contributed by atoms with Crippen LogP contribution in [0.1, 0.15) is 12.8 Å². The van der Waals surface area contributed by atoms with Crippen LogP contribution < -0.4 is 15.2 Å². The number of hydrogen-bond donors (Lipinski definition) is 2. The molecule has 0 aliphatic carbocycles. The minimum absolute atomic E-state index is 0.0345. The van der Waals surface area contributed by atoms with Crippen molar-refractivity contribution in [2.45, 2.75) is 17.7 Å². The highest BCUT2D eigenvalue weighted by atomic mass is 32.2. The lowest BCUT2D eigenvalue weighted by Crippen LogP contribution is -2.43. The van der Waals surface area contributed by atoms with E-state index in [0.29, 0.717) is 24.5 Å². The van der Waals surface area contributed by atoms with Gasteiger partial charge in [0.25, 0.3) is 0 Å². The Morgan fingerprint density at radius 1 is 1.32 bits per heavy atom. The van der Waals surface area contributed by atoms with Crippen LogP contribution in [0.15, 0.2) is 23.1 Å². The van der Waals surface area contributed by atoms with Crippen LogP contribution in [-0.4, -0.2) is 45.9 Å². The molecule has 1 heterocycles. The molecular weight excluding hydrogens is 306 g/mol. The molecule has 1 unspecified atom stereocenters. The molecule has 0 radical (unpaired) electrons. The second-order valence-corrected chi connectivity index (χ2v) is 7.11. The lowest BCUT2D eigenvalue weighted by Gasteiger charge is -2.31. The van der Waals surface area contributed by atoms with Crippen LogP contribution in [0.2, 0.25) is 0 Å². The van der Waals surface area contributed by atoms with Crippen molar-refractivity contribution < 1.29 is 17.9 Å². The van der Waals surface area contributed by atoms with Gasteiger partial charge in [0, 0.05) is 25.1 Å². The van der Waals surface area contributed by atoms with Gasteiger partial charge in [-0.2, -0.15) is 4.31 Å². The molecule has 1 atom stereocenters. The van der Waals surface area contributed by atoms with Crippen molar-refractivity contribution in [3.05, 3.63) is 18.2 Å². The van der Waals surface area contributed by atoms with E-state index in [1.807, 2.05) is 0 Å². The fraction of sp³-hybridized carbons (Fsp3) is 0.500. The van der Waals surface area contributed by atoms with E-state index >= 15 is 0 Å². The number of nitrogens with zero attached hydrogens (tertiary/aromatic N) is 1. The molecule has 1 aliphatic rings. The van der Waals surface area contributed by atoms with Gasteiger partial charge >= 0.3 is 0 Å². The molecule has 0 amide bonds. The first-order valence-electron chi connectivity index (χ1n) is 6.96. The van der Waals surface area contributed by atoms with Gasteiger partial charge in [0.2, 0.25) is 10.0 Å². The highest BCUT2D eigenvalue weighted by Crippen LogP contribution is 2.31. The molecule has 122 valence electrons. The van der Waals surface area contributed by atoms with E-state index < -0.39 is 10.0 Å². The first-order chi connectivity index (χ1) is 10.4. The summed E-state index contributed by atoms with van der Waals surface area (Å²) in [7, 11) is -0.687. The predicted octanol–water partition coefficient (Wildman–Crippen LogP) is 1.04. The van der Waals surface area contributed by atoms with E-state index in [0.717, 1.165) is 6.42 Å². The summed E-state index contributed by atoms with van der Waals surface area (Å²) in [5.74, 6) is 0.654.